The fraction of sp³-hybridized carbons (Fsp3) is 0.0222. The maximum absolute atomic E-state index is 9.93. The highest BCUT2D eigenvalue weighted by molar-refractivity contribution is 6.09. The SMILES string of the molecule is Cc1ccccc1-c1ccccc1Nc1ccccc1-c1cc(C#N)ccc1-c1ccc(-n2c3ccccc3c3cc(C#N)ccc32)cc1. The number of nitrogens with one attached hydrogen (secondary N) is 1. The van der Waals surface area contributed by atoms with E-state index in [1.807, 2.05) is 60.7 Å². The van der Waals surface area contributed by atoms with E-state index in [0.717, 1.165) is 66.7 Å². The highest BCUT2D eigenvalue weighted by Gasteiger charge is 2.16. The summed E-state index contributed by atoms with van der Waals surface area (Å²) in [5.74, 6) is 0. The molecule has 0 saturated heterocycles. The summed E-state index contributed by atoms with van der Waals surface area (Å²) in [4.78, 5) is 0. The second-order valence-electron chi connectivity index (χ2n) is 12.1. The molecule has 0 bridgehead atoms. The number of benzene rings is 7. The van der Waals surface area contributed by atoms with Crippen molar-refractivity contribution in [2.45, 2.75) is 6.92 Å². The van der Waals surface area contributed by atoms with E-state index in [9.17, 15) is 10.5 Å². The molecule has 7 aromatic carbocycles. The Morgan fingerprint density at radius 3 is 1.76 bits per heavy atom. The van der Waals surface area contributed by atoms with E-state index < -0.39 is 0 Å². The lowest BCUT2D eigenvalue weighted by atomic mass is 9.91. The number of hydrogen-bond donors (Lipinski definition) is 1. The van der Waals surface area contributed by atoms with Gasteiger partial charge in [0.05, 0.1) is 34.3 Å². The maximum atomic E-state index is 9.93. The number of anilines is 2. The van der Waals surface area contributed by atoms with Gasteiger partial charge in [-0.15, -0.1) is 0 Å². The summed E-state index contributed by atoms with van der Waals surface area (Å²) in [5.41, 5.74) is 14.0. The number of fused-ring (bicyclic) bond motifs is 3. The molecule has 0 aliphatic carbocycles. The van der Waals surface area contributed by atoms with Crippen LogP contribution in [-0.2, 0) is 0 Å². The van der Waals surface area contributed by atoms with Crippen molar-refractivity contribution < 1.29 is 0 Å². The third-order valence-corrected chi connectivity index (χ3v) is 9.24. The van der Waals surface area contributed by atoms with Gasteiger partial charge in [0.1, 0.15) is 0 Å². The molecule has 0 saturated carbocycles. The van der Waals surface area contributed by atoms with Gasteiger partial charge in [0.15, 0.2) is 0 Å². The molecule has 0 spiro atoms. The molecule has 8 rings (SSSR count). The molecule has 0 amide bonds. The van der Waals surface area contributed by atoms with Crippen LogP contribution in [0.15, 0.2) is 158 Å². The van der Waals surface area contributed by atoms with E-state index in [4.69, 9.17) is 0 Å². The van der Waals surface area contributed by atoms with Crippen LogP contribution in [0.4, 0.5) is 11.4 Å². The van der Waals surface area contributed by atoms with Crippen LogP contribution in [0.25, 0.3) is 60.9 Å². The molecule has 1 aromatic heterocycles. The molecule has 0 aliphatic heterocycles. The topological polar surface area (TPSA) is 64.5 Å². The summed E-state index contributed by atoms with van der Waals surface area (Å²) >= 11 is 0. The number of para-hydroxylation sites is 3. The summed E-state index contributed by atoms with van der Waals surface area (Å²) in [5, 5.41) is 25.4. The fourth-order valence-corrected chi connectivity index (χ4v) is 6.87. The Hall–Kier alpha value is -6.88. The minimum atomic E-state index is 0.604. The lowest BCUT2D eigenvalue weighted by Crippen LogP contribution is -1.98. The molecule has 230 valence electrons. The Labute approximate surface area is 285 Å². The first-order valence-electron chi connectivity index (χ1n) is 16.2. The standard InChI is InChI=1S/C45H30N4/c1-30-10-2-3-11-35(30)37-12-4-7-15-42(37)48-43-16-8-5-13-38(43)40-26-31(28-46)18-24-36(40)33-20-22-34(23-21-33)49-44-17-9-6-14-39(44)41-27-32(29-47)19-25-45(41)49/h2-27,48H,1H3. The first-order chi connectivity index (χ1) is 24.1. The molecule has 1 N–H and O–H groups in total. The monoisotopic (exact) mass is 626 g/mol. The summed E-state index contributed by atoms with van der Waals surface area (Å²) < 4.78 is 2.25. The van der Waals surface area contributed by atoms with Gasteiger partial charge in [-0.05, 0) is 95.4 Å². The van der Waals surface area contributed by atoms with Crippen LogP contribution >= 0.6 is 0 Å². The van der Waals surface area contributed by atoms with Gasteiger partial charge in [-0.25, -0.2) is 0 Å². The van der Waals surface area contributed by atoms with Crippen LogP contribution in [-0.4, -0.2) is 4.57 Å². The lowest BCUT2D eigenvalue weighted by molar-refractivity contribution is 1.18. The highest BCUT2D eigenvalue weighted by atomic mass is 15.0. The molecule has 0 radical (unpaired) electrons. The van der Waals surface area contributed by atoms with Crippen molar-refractivity contribution in [3.05, 3.63) is 174 Å². The van der Waals surface area contributed by atoms with Crippen LogP contribution < -0.4 is 5.32 Å². The second kappa shape index (κ2) is 12.4. The maximum Gasteiger partial charge on any atom is 0.0991 e. The van der Waals surface area contributed by atoms with Crippen molar-refractivity contribution in [1.82, 2.24) is 4.57 Å². The number of hydrogen-bond acceptors (Lipinski definition) is 3. The first-order valence-corrected chi connectivity index (χ1v) is 16.2. The summed E-state index contributed by atoms with van der Waals surface area (Å²) in [6.07, 6.45) is 0. The van der Waals surface area contributed by atoms with E-state index in [1.165, 1.54) is 11.1 Å². The largest absolute Gasteiger partial charge is 0.355 e. The predicted molar refractivity (Wildman–Crippen MR) is 201 cm³/mol. The van der Waals surface area contributed by atoms with E-state index in [1.54, 1.807) is 0 Å². The van der Waals surface area contributed by atoms with Gasteiger partial charge in [-0.1, -0.05) is 97.1 Å². The smallest absolute Gasteiger partial charge is 0.0991 e. The molecule has 4 heteroatoms. The minimum absolute atomic E-state index is 0.604. The molecule has 49 heavy (non-hydrogen) atoms. The average Bonchev–Trinajstić information content (AvgIpc) is 3.49. The Morgan fingerprint density at radius 1 is 0.469 bits per heavy atom. The van der Waals surface area contributed by atoms with E-state index in [0.29, 0.717) is 11.1 Å². The molecule has 0 unspecified atom stereocenters. The molecular formula is C45H30N4. The number of aryl methyl sites for hydroxylation is 1. The van der Waals surface area contributed by atoms with Gasteiger partial charge in [0.2, 0.25) is 0 Å². The Kier molecular flexibility index (Phi) is 7.46. The van der Waals surface area contributed by atoms with Crippen LogP contribution in [0.1, 0.15) is 16.7 Å². The van der Waals surface area contributed by atoms with E-state index in [2.05, 4.69) is 126 Å². The van der Waals surface area contributed by atoms with Gasteiger partial charge in [-0.2, -0.15) is 10.5 Å². The molecule has 8 aromatic rings. The zero-order valence-corrected chi connectivity index (χ0v) is 26.9. The zero-order chi connectivity index (χ0) is 33.3. The third kappa shape index (κ3) is 5.28. The van der Waals surface area contributed by atoms with Gasteiger partial charge in [-0.3, -0.25) is 0 Å². The number of nitriles is 2. The number of nitrogens with zero attached hydrogens (tertiary/aromatic N) is 3. The Bertz CT molecular complexity index is 2610. The van der Waals surface area contributed by atoms with E-state index >= 15 is 0 Å². The van der Waals surface area contributed by atoms with Gasteiger partial charge >= 0.3 is 0 Å². The van der Waals surface area contributed by atoms with Crippen molar-refractivity contribution in [2.75, 3.05) is 5.32 Å². The van der Waals surface area contributed by atoms with Crippen LogP contribution in [0, 0.1) is 29.6 Å². The van der Waals surface area contributed by atoms with Crippen molar-refractivity contribution in [2.24, 2.45) is 0 Å². The summed E-state index contributed by atoms with van der Waals surface area (Å²) in [7, 11) is 0. The van der Waals surface area contributed by atoms with Crippen molar-refractivity contribution in [3.8, 4) is 51.2 Å². The normalized spacial score (nSPS) is 10.9. The van der Waals surface area contributed by atoms with Crippen LogP contribution in [0.3, 0.4) is 0 Å². The van der Waals surface area contributed by atoms with Crippen molar-refractivity contribution in [3.63, 3.8) is 0 Å². The van der Waals surface area contributed by atoms with Gasteiger partial charge in [0.25, 0.3) is 0 Å². The molecule has 0 aliphatic rings. The van der Waals surface area contributed by atoms with Crippen LogP contribution in [0.2, 0.25) is 0 Å². The minimum Gasteiger partial charge on any atom is -0.355 e. The van der Waals surface area contributed by atoms with Crippen LogP contribution in [0.5, 0.6) is 0 Å². The molecule has 0 fully saturated rings. The van der Waals surface area contributed by atoms with E-state index in [-0.39, 0.29) is 0 Å². The molecular weight excluding hydrogens is 597 g/mol. The zero-order valence-electron chi connectivity index (χ0n) is 26.9. The summed E-state index contributed by atoms with van der Waals surface area (Å²) in [6.45, 7) is 2.14. The average molecular weight is 627 g/mol. The molecule has 4 nitrogen and oxygen atoms in total. The number of rotatable bonds is 6. The second-order valence-corrected chi connectivity index (χ2v) is 12.1. The Morgan fingerprint density at radius 2 is 1.04 bits per heavy atom. The van der Waals surface area contributed by atoms with Gasteiger partial charge in [0, 0.05) is 39.0 Å². The quantitative estimate of drug-likeness (QED) is 0.200. The Balaban J connectivity index is 1.22. The van der Waals surface area contributed by atoms with Crippen molar-refractivity contribution in [1.29, 1.82) is 10.5 Å². The summed E-state index contributed by atoms with van der Waals surface area (Å²) in [6, 6.07) is 58.4. The van der Waals surface area contributed by atoms with Crippen molar-refractivity contribution >= 4 is 33.2 Å². The third-order valence-electron chi connectivity index (χ3n) is 9.24. The fourth-order valence-electron chi connectivity index (χ4n) is 6.87. The molecule has 0 atom stereocenters. The first kappa shape index (κ1) is 29.5. The number of aromatic nitrogens is 1. The lowest BCUT2D eigenvalue weighted by Gasteiger charge is -2.19. The predicted octanol–water partition coefficient (Wildman–Crippen LogP) is 11.6. The van der Waals surface area contributed by atoms with Gasteiger partial charge < -0.3 is 9.88 Å². The molecule has 1 heterocycles. The highest BCUT2D eigenvalue weighted by Crippen LogP contribution is 2.41.